The third-order valence-corrected chi connectivity index (χ3v) is 4.54. The van der Waals surface area contributed by atoms with Crippen LogP contribution >= 0.6 is 0 Å². The second kappa shape index (κ2) is 6.48. The Morgan fingerprint density at radius 3 is 1.68 bits per heavy atom. The first-order chi connectivity index (χ1) is 11.8. The van der Waals surface area contributed by atoms with Gasteiger partial charge in [-0.2, -0.15) is 15.3 Å². The average Bonchev–Trinajstić information content (AvgIpc) is 3.13. The monoisotopic (exact) mass is 341 g/mol. The summed E-state index contributed by atoms with van der Waals surface area (Å²) in [5, 5.41) is 13.9. The SMILES string of the molecule is Cc1cc(C)n(CC(C(N)n2nc(C)cc2C)n2nc(C)cc2C)n1. The van der Waals surface area contributed by atoms with Crippen LogP contribution in [-0.2, 0) is 6.54 Å². The maximum Gasteiger partial charge on any atom is 0.124 e. The summed E-state index contributed by atoms with van der Waals surface area (Å²) in [6.07, 6.45) is -0.337. The molecule has 134 valence electrons. The highest BCUT2D eigenvalue weighted by molar-refractivity contribution is 5.12. The summed E-state index contributed by atoms with van der Waals surface area (Å²) in [6, 6.07) is 6.10. The van der Waals surface area contributed by atoms with E-state index in [1.165, 1.54) is 0 Å². The van der Waals surface area contributed by atoms with E-state index in [9.17, 15) is 0 Å². The molecule has 0 aliphatic carbocycles. The zero-order valence-electron chi connectivity index (χ0n) is 15.9. The van der Waals surface area contributed by atoms with Crippen molar-refractivity contribution in [2.24, 2.45) is 5.73 Å². The van der Waals surface area contributed by atoms with Gasteiger partial charge in [0.1, 0.15) is 12.2 Å². The molecule has 0 aliphatic rings. The van der Waals surface area contributed by atoms with Gasteiger partial charge in [0.05, 0.1) is 23.6 Å². The van der Waals surface area contributed by atoms with Gasteiger partial charge in [-0.05, 0) is 59.7 Å². The van der Waals surface area contributed by atoms with Gasteiger partial charge in [0.2, 0.25) is 0 Å². The maximum absolute atomic E-state index is 6.67. The number of rotatable bonds is 5. The van der Waals surface area contributed by atoms with Crippen LogP contribution < -0.4 is 5.73 Å². The van der Waals surface area contributed by atoms with E-state index in [-0.39, 0.29) is 12.2 Å². The van der Waals surface area contributed by atoms with Crippen LogP contribution in [0.2, 0.25) is 0 Å². The molecule has 0 saturated heterocycles. The van der Waals surface area contributed by atoms with Crippen LogP contribution in [0.25, 0.3) is 0 Å². The molecule has 0 saturated carbocycles. The molecule has 2 atom stereocenters. The maximum atomic E-state index is 6.67. The molecule has 2 N–H and O–H groups in total. The van der Waals surface area contributed by atoms with Crippen LogP contribution in [0.1, 0.15) is 46.4 Å². The van der Waals surface area contributed by atoms with E-state index in [1.54, 1.807) is 0 Å². The van der Waals surface area contributed by atoms with Crippen molar-refractivity contribution >= 4 is 0 Å². The summed E-state index contributed by atoms with van der Waals surface area (Å²) in [6.45, 7) is 12.8. The molecular weight excluding hydrogens is 314 g/mol. The van der Waals surface area contributed by atoms with Crippen molar-refractivity contribution in [1.29, 1.82) is 0 Å². The lowest BCUT2D eigenvalue weighted by Crippen LogP contribution is -2.35. The van der Waals surface area contributed by atoms with E-state index in [0.29, 0.717) is 6.54 Å². The largest absolute Gasteiger partial charge is 0.308 e. The topological polar surface area (TPSA) is 79.5 Å². The molecule has 3 aromatic heterocycles. The molecule has 0 amide bonds. The second-order valence-electron chi connectivity index (χ2n) is 6.91. The predicted octanol–water partition coefficient (Wildman–Crippen LogP) is 2.53. The summed E-state index contributed by atoms with van der Waals surface area (Å²) in [5.74, 6) is 0. The van der Waals surface area contributed by atoms with E-state index in [1.807, 2.05) is 47.8 Å². The van der Waals surface area contributed by atoms with Gasteiger partial charge >= 0.3 is 0 Å². The van der Waals surface area contributed by atoms with Crippen molar-refractivity contribution in [3.63, 3.8) is 0 Å². The van der Waals surface area contributed by atoms with Gasteiger partial charge in [0.15, 0.2) is 0 Å². The lowest BCUT2D eigenvalue weighted by atomic mass is 10.2. The normalized spacial score (nSPS) is 14.0. The molecule has 0 fully saturated rings. The van der Waals surface area contributed by atoms with Crippen LogP contribution in [0.15, 0.2) is 18.2 Å². The van der Waals surface area contributed by atoms with Crippen molar-refractivity contribution in [2.75, 3.05) is 0 Å². The van der Waals surface area contributed by atoms with Crippen molar-refractivity contribution in [3.8, 4) is 0 Å². The van der Waals surface area contributed by atoms with Gasteiger partial charge in [-0.25, -0.2) is 0 Å². The molecule has 0 aromatic carbocycles. The summed E-state index contributed by atoms with van der Waals surface area (Å²) < 4.78 is 5.90. The minimum Gasteiger partial charge on any atom is -0.308 e. The van der Waals surface area contributed by atoms with Gasteiger partial charge in [0.25, 0.3) is 0 Å². The highest BCUT2D eigenvalue weighted by Crippen LogP contribution is 2.24. The highest BCUT2D eigenvalue weighted by atomic mass is 15.4. The summed E-state index contributed by atoms with van der Waals surface area (Å²) >= 11 is 0. The zero-order valence-corrected chi connectivity index (χ0v) is 15.9. The summed E-state index contributed by atoms with van der Waals surface area (Å²) in [7, 11) is 0. The first kappa shape index (κ1) is 17.4. The third kappa shape index (κ3) is 3.37. The fraction of sp³-hybridized carbons (Fsp3) is 0.500. The molecule has 3 heterocycles. The minimum atomic E-state index is -0.337. The fourth-order valence-electron chi connectivity index (χ4n) is 3.46. The summed E-state index contributed by atoms with van der Waals surface area (Å²) in [4.78, 5) is 0. The molecule has 25 heavy (non-hydrogen) atoms. The van der Waals surface area contributed by atoms with E-state index >= 15 is 0 Å². The number of aryl methyl sites for hydroxylation is 6. The molecule has 2 unspecified atom stereocenters. The zero-order chi connectivity index (χ0) is 18.3. The Morgan fingerprint density at radius 2 is 1.24 bits per heavy atom. The van der Waals surface area contributed by atoms with Gasteiger partial charge in [-0.3, -0.25) is 14.0 Å². The van der Waals surface area contributed by atoms with Crippen LogP contribution in [0, 0.1) is 41.5 Å². The number of hydrogen-bond donors (Lipinski definition) is 1. The fourth-order valence-corrected chi connectivity index (χ4v) is 3.46. The Labute approximate surface area is 148 Å². The second-order valence-corrected chi connectivity index (χ2v) is 6.91. The molecule has 0 bridgehead atoms. The van der Waals surface area contributed by atoms with Gasteiger partial charge < -0.3 is 5.73 Å². The molecule has 7 heteroatoms. The average molecular weight is 341 g/mol. The Kier molecular flexibility index (Phi) is 4.51. The van der Waals surface area contributed by atoms with Crippen molar-refractivity contribution in [3.05, 3.63) is 52.4 Å². The van der Waals surface area contributed by atoms with E-state index in [0.717, 1.165) is 34.2 Å². The first-order valence-corrected chi connectivity index (χ1v) is 8.58. The van der Waals surface area contributed by atoms with Crippen LogP contribution in [-0.4, -0.2) is 29.3 Å². The lowest BCUT2D eigenvalue weighted by Gasteiger charge is -2.27. The molecule has 7 nitrogen and oxygen atoms in total. The predicted molar refractivity (Wildman–Crippen MR) is 97.4 cm³/mol. The Hall–Kier alpha value is -2.41. The van der Waals surface area contributed by atoms with Crippen LogP contribution in [0.3, 0.4) is 0 Å². The van der Waals surface area contributed by atoms with Crippen molar-refractivity contribution in [1.82, 2.24) is 29.3 Å². The quantitative estimate of drug-likeness (QED) is 0.773. The lowest BCUT2D eigenvalue weighted by molar-refractivity contribution is 0.244. The van der Waals surface area contributed by atoms with E-state index in [4.69, 9.17) is 5.73 Å². The Morgan fingerprint density at radius 1 is 0.760 bits per heavy atom. The number of aromatic nitrogens is 6. The van der Waals surface area contributed by atoms with Crippen LogP contribution in [0.5, 0.6) is 0 Å². The number of hydrogen-bond acceptors (Lipinski definition) is 4. The van der Waals surface area contributed by atoms with Crippen LogP contribution in [0.4, 0.5) is 0 Å². The standard InChI is InChI=1S/C18H27N7/c1-11-7-14(4)23(20-11)10-17(24-15(5)8-12(2)21-24)18(19)25-16(6)9-13(3)22-25/h7-9,17-18H,10,19H2,1-6H3. The Bertz CT molecular complexity index is 884. The molecule has 3 rings (SSSR count). The van der Waals surface area contributed by atoms with Gasteiger partial charge in [0, 0.05) is 17.1 Å². The molecular formula is C18H27N7. The van der Waals surface area contributed by atoms with Gasteiger partial charge in [-0.15, -0.1) is 0 Å². The highest BCUT2D eigenvalue weighted by Gasteiger charge is 2.27. The molecule has 0 radical (unpaired) electrons. The third-order valence-electron chi connectivity index (χ3n) is 4.54. The van der Waals surface area contributed by atoms with E-state index in [2.05, 4.69) is 41.3 Å². The smallest absolute Gasteiger partial charge is 0.124 e. The minimum absolute atomic E-state index is 0.0929. The molecule has 3 aromatic rings. The van der Waals surface area contributed by atoms with Crippen molar-refractivity contribution in [2.45, 2.75) is 60.3 Å². The number of nitrogens with zero attached hydrogens (tertiary/aromatic N) is 6. The first-order valence-electron chi connectivity index (χ1n) is 8.58. The van der Waals surface area contributed by atoms with E-state index < -0.39 is 0 Å². The molecule has 0 aliphatic heterocycles. The molecule has 0 spiro atoms. The number of nitrogens with two attached hydrogens (primary N) is 1. The summed E-state index contributed by atoms with van der Waals surface area (Å²) in [5.41, 5.74) is 12.9. The Balaban J connectivity index is 2.03. The van der Waals surface area contributed by atoms with Crippen molar-refractivity contribution < 1.29 is 0 Å². The van der Waals surface area contributed by atoms with Gasteiger partial charge in [-0.1, -0.05) is 0 Å².